The van der Waals surface area contributed by atoms with Gasteiger partial charge in [-0.1, -0.05) is 0 Å². The summed E-state index contributed by atoms with van der Waals surface area (Å²) in [5.74, 6) is 0.708. The Hall–Kier alpha value is -1.15. The van der Waals surface area contributed by atoms with Crippen molar-refractivity contribution in [1.82, 2.24) is 10.6 Å². The van der Waals surface area contributed by atoms with E-state index in [1.807, 2.05) is 23.8 Å². The number of rotatable bonds is 11. The molecule has 0 spiro atoms. The van der Waals surface area contributed by atoms with Crippen LogP contribution < -0.4 is 10.6 Å². The van der Waals surface area contributed by atoms with Crippen molar-refractivity contribution in [2.75, 3.05) is 46.6 Å². The fraction of sp³-hybridized carbons (Fsp3) is 0.688. The van der Waals surface area contributed by atoms with Gasteiger partial charge in [-0.3, -0.25) is 0 Å². The first-order chi connectivity index (χ1) is 11.1. The third kappa shape index (κ3) is 8.31. The maximum Gasteiger partial charge on any atom is 0.191 e. The lowest BCUT2D eigenvalue weighted by Gasteiger charge is -2.21. The van der Waals surface area contributed by atoms with Gasteiger partial charge in [-0.05, 0) is 42.7 Å². The highest BCUT2D eigenvalue weighted by molar-refractivity contribution is 7.08. The molecule has 0 saturated carbocycles. The summed E-state index contributed by atoms with van der Waals surface area (Å²) in [4.78, 5) is 4.48. The lowest BCUT2D eigenvalue weighted by Crippen LogP contribution is -2.39. The molecule has 0 amide bonds. The van der Waals surface area contributed by atoms with Crippen LogP contribution in [-0.4, -0.2) is 57.6 Å². The normalized spacial score (nSPS) is 14.5. The molecular weight excluding hydrogens is 314 g/mol. The Balaban J connectivity index is 2.35. The Morgan fingerprint density at radius 1 is 1.35 bits per heavy atom. The summed E-state index contributed by atoms with van der Waals surface area (Å²) in [6, 6.07) is 1.93. The summed E-state index contributed by atoms with van der Waals surface area (Å²) in [7, 11) is 1.66. The summed E-state index contributed by atoms with van der Waals surface area (Å²) >= 11 is 1.57. The van der Waals surface area contributed by atoms with Crippen LogP contribution in [0.15, 0.2) is 21.8 Å². The lowest BCUT2D eigenvalue weighted by atomic mass is 10.00. The van der Waals surface area contributed by atoms with E-state index < -0.39 is 5.60 Å². The predicted octanol–water partition coefficient (Wildman–Crippen LogP) is 1.56. The van der Waals surface area contributed by atoms with Gasteiger partial charge in [0.15, 0.2) is 5.96 Å². The smallest absolute Gasteiger partial charge is 0.191 e. The minimum atomic E-state index is -0.953. The Morgan fingerprint density at radius 2 is 2.17 bits per heavy atom. The molecule has 6 nitrogen and oxygen atoms in total. The van der Waals surface area contributed by atoms with Gasteiger partial charge in [-0.25, -0.2) is 4.99 Å². The number of guanidine groups is 1. The molecule has 0 aliphatic carbocycles. The van der Waals surface area contributed by atoms with E-state index in [-0.39, 0.29) is 0 Å². The third-order valence-electron chi connectivity index (χ3n) is 3.22. The highest BCUT2D eigenvalue weighted by atomic mass is 32.1. The van der Waals surface area contributed by atoms with Gasteiger partial charge >= 0.3 is 0 Å². The summed E-state index contributed by atoms with van der Waals surface area (Å²) in [6.45, 7) is 7.57. The van der Waals surface area contributed by atoms with Crippen molar-refractivity contribution in [3.05, 3.63) is 22.4 Å². The number of nitrogens with zero attached hydrogens (tertiary/aromatic N) is 1. The zero-order valence-corrected chi connectivity index (χ0v) is 15.1. The average Bonchev–Trinajstić information content (AvgIpc) is 3.07. The van der Waals surface area contributed by atoms with E-state index in [2.05, 4.69) is 15.6 Å². The van der Waals surface area contributed by atoms with Crippen molar-refractivity contribution in [2.24, 2.45) is 4.99 Å². The number of aliphatic hydroxyl groups is 1. The number of nitrogens with one attached hydrogen (secondary N) is 2. The second-order valence-corrected chi connectivity index (χ2v) is 6.15. The molecule has 1 unspecified atom stereocenters. The van der Waals surface area contributed by atoms with Gasteiger partial charge in [-0.15, -0.1) is 0 Å². The van der Waals surface area contributed by atoms with Crippen molar-refractivity contribution in [3.63, 3.8) is 0 Å². The van der Waals surface area contributed by atoms with Crippen LogP contribution in [0.3, 0.4) is 0 Å². The average molecular weight is 343 g/mol. The van der Waals surface area contributed by atoms with Gasteiger partial charge in [0, 0.05) is 26.8 Å². The first-order valence-corrected chi connectivity index (χ1v) is 8.88. The molecule has 1 atom stereocenters. The van der Waals surface area contributed by atoms with Gasteiger partial charge in [0.05, 0.1) is 19.8 Å². The van der Waals surface area contributed by atoms with Crippen LogP contribution in [0.25, 0.3) is 0 Å². The third-order valence-corrected chi connectivity index (χ3v) is 3.91. The van der Waals surface area contributed by atoms with E-state index in [4.69, 9.17) is 9.47 Å². The van der Waals surface area contributed by atoms with Crippen molar-refractivity contribution in [1.29, 1.82) is 0 Å². The molecule has 1 heterocycles. The molecule has 0 aliphatic rings. The lowest BCUT2D eigenvalue weighted by molar-refractivity contribution is 0.0675. The second kappa shape index (κ2) is 11.4. The van der Waals surface area contributed by atoms with E-state index in [1.54, 1.807) is 25.4 Å². The van der Waals surface area contributed by atoms with Crippen LogP contribution in [0.1, 0.15) is 25.8 Å². The summed E-state index contributed by atoms with van der Waals surface area (Å²) < 4.78 is 10.3. The van der Waals surface area contributed by atoms with Gasteiger partial charge in [0.2, 0.25) is 0 Å². The molecule has 0 radical (unpaired) electrons. The minimum absolute atomic E-state index is 0.309. The molecule has 0 aromatic carbocycles. The van der Waals surface area contributed by atoms with Crippen molar-refractivity contribution < 1.29 is 14.6 Å². The molecule has 1 rings (SSSR count). The van der Waals surface area contributed by atoms with Gasteiger partial charge in [0.25, 0.3) is 0 Å². The maximum atomic E-state index is 10.5. The number of hydrogen-bond acceptors (Lipinski definition) is 5. The monoisotopic (exact) mass is 343 g/mol. The van der Waals surface area contributed by atoms with E-state index >= 15 is 0 Å². The molecular formula is C16H29N3O3S. The Bertz CT molecular complexity index is 436. The SMILES string of the molecule is CCNC(=NCC(C)(O)c1ccsc1)NCCCOCCOC. The summed E-state index contributed by atoms with van der Waals surface area (Å²) in [6.07, 6.45) is 0.884. The van der Waals surface area contributed by atoms with Gasteiger partial charge in [0.1, 0.15) is 5.60 Å². The number of thiophene rings is 1. The van der Waals surface area contributed by atoms with E-state index in [9.17, 15) is 5.11 Å². The van der Waals surface area contributed by atoms with Crippen molar-refractivity contribution in [3.8, 4) is 0 Å². The molecule has 0 saturated heterocycles. The molecule has 1 aromatic heterocycles. The highest BCUT2D eigenvalue weighted by Crippen LogP contribution is 2.23. The van der Waals surface area contributed by atoms with Crippen LogP contribution in [0.5, 0.6) is 0 Å². The molecule has 0 fully saturated rings. The molecule has 3 N–H and O–H groups in total. The molecule has 0 bridgehead atoms. The quantitative estimate of drug-likeness (QED) is 0.323. The molecule has 0 aliphatic heterocycles. The first-order valence-electron chi connectivity index (χ1n) is 7.94. The number of aliphatic imine (C=N–C) groups is 1. The van der Waals surface area contributed by atoms with Crippen LogP contribution in [-0.2, 0) is 15.1 Å². The number of hydrogen-bond donors (Lipinski definition) is 3. The standard InChI is InChI=1S/C16H29N3O3S/c1-4-17-15(18-7-5-8-22-10-9-21-3)19-13-16(2,20)14-6-11-23-12-14/h6,11-12,20H,4-5,7-10,13H2,1-3H3,(H2,17,18,19). The van der Waals surface area contributed by atoms with Crippen LogP contribution in [0.4, 0.5) is 0 Å². The topological polar surface area (TPSA) is 75.1 Å². The minimum Gasteiger partial charge on any atom is -0.383 e. The second-order valence-electron chi connectivity index (χ2n) is 5.37. The van der Waals surface area contributed by atoms with Crippen molar-refractivity contribution in [2.45, 2.75) is 25.9 Å². The fourth-order valence-electron chi connectivity index (χ4n) is 1.86. The first kappa shape index (κ1) is 19.9. The van der Waals surface area contributed by atoms with Crippen molar-refractivity contribution >= 4 is 17.3 Å². The Morgan fingerprint density at radius 3 is 2.83 bits per heavy atom. The number of methoxy groups -OCH3 is 1. The van der Waals surface area contributed by atoms with E-state index in [0.29, 0.717) is 32.3 Å². The Labute approximate surface area is 142 Å². The fourth-order valence-corrected chi connectivity index (χ4v) is 2.65. The van der Waals surface area contributed by atoms with Crippen LogP contribution in [0.2, 0.25) is 0 Å². The van der Waals surface area contributed by atoms with Gasteiger partial charge < -0.3 is 25.2 Å². The predicted molar refractivity (Wildman–Crippen MR) is 95.2 cm³/mol. The number of ether oxygens (including phenoxy) is 2. The molecule has 1 aromatic rings. The summed E-state index contributed by atoms with van der Waals surface area (Å²) in [5, 5.41) is 20.8. The molecule has 23 heavy (non-hydrogen) atoms. The van der Waals surface area contributed by atoms with Crippen LogP contribution in [0, 0.1) is 0 Å². The largest absolute Gasteiger partial charge is 0.383 e. The van der Waals surface area contributed by atoms with Crippen LogP contribution >= 0.6 is 11.3 Å². The zero-order chi connectivity index (χ0) is 17.0. The van der Waals surface area contributed by atoms with E-state index in [0.717, 1.165) is 25.1 Å². The molecule has 7 heteroatoms. The van der Waals surface area contributed by atoms with Gasteiger partial charge in [-0.2, -0.15) is 11.3 Å². The van der Waals surface area contributed by atoms with E-state index in [1.165, 1.54) is 0 Å². The zero-order valence-electron chi connectivity index (χ0n) is 14.3. The maximum absolute atomic E-state index is 10.5. The Kier molecular flexibility index (Phi) is 9.86. The highest BCUT2D eigenvalue weighted by Gasteiger charge is 2.23. The summed E-state index contributed by atoms with van der Waals surface area (Å²) in [5.41, 5.74) is -0.0559. The molecule has 132 valence electrons.